The molecule has 0 aliphatic carbocycles. The molecule has 0 saturated heterocycles. The Morgan fingerprint density at radius 1 is 0.880 bits per heavy atom. The van der Waals surface area contributed by atoms with E-state index in [0.29, 0.717) is 0 Å². The number of hydrogen-bond donors (Lipinski definition) is 2. The van der Waals surface area contributed by atoms with E-state index in [-0.39, 0.29) is 28.9 Å². The van der Waals surface area contributed by atoms with Gasteiger partial charge in [0.1, 0.15) is 0 Å². The summed E-state index contributed by atoms with van der Waals surface area (Å²) in [5.74, 6) is 0. The number of benzene rings is 2. The van der Waals surface area contributed by atoms with Crippen LogP contribution in [0.25, 0.3) is 0 Å². The molecule has 2 aromatic rings. The molecule has 0 radical (unpaired) electrons. The predicted octanol–water partition coefficient (Wildman–Crippen LogP) is 2.82. The fourth-order valence-electron chi connectivity index (χ4n) is 2.19. The molecule has 0 spiro atoms. The molecule has 0 saturated carbocycles. The van der Waals surface area contributed by atoms with E-state index in [9.17, 15) is 30.3 Å². The molecule has 12 nitrogen and oxygen atoms in total. The molecule has 25 heavy (non-hydrogen) atoms. The molecule has 130 valence electrons. The molecule has 0 aliphatic rings. The van der Waals surface area contributed by atoms with Gasteiger partial charge in [-0.2, -0.15) is 0 Å². The first-order valence-corrected chi connectivity index (χ1v) is 6.59. The van der Waals surface area contributed by atoms with Crippen LogP contribution in [0.1, 0.15) is 11.1 Å². The lowest BCUT2D eigenvalue weighted by molar-refractivity contribution is -0.394. The van der Waals surface area contributed by atoms with Crippen molar-refractivity contribution in [2.24, 2.45) is 0 Å². The van der Waals surface area contributed by atoms with Crippen LogP contribution in [0.2, 0.25) is 0 Å². The molecular formula is C13H10N4O8. The number of anilines is 1. The lowest BCUT2D eigenvalue weighted by Crippen LogP contribution is -2.03. The van der Waals surface area contributed by atoms with Gasteiger partial charge in [-0.25, -0.2) is 10.7 Å². The molecule has 2 aromatic carbocycles. The van der Waals surface area contributed by atoms with Crippen LogP contribution >= 0.6 is 0 Å². The summed E-state index contributed by atoms with van der Waals surface area (Å²) in [5, 5.41) is 41.4. The zero-order valence-corrected chi connectivity index (χ0v) is 12.3. The summed E-state index contributed by atoms with van der Waals surface area (Å²) in [6.07, 6.45) is -0.190. The maximum atomic E-state index is 11.2. The van der Waals surface area contributed by atoms with Gasteiger partial charge in [0.25, 0.3) is 17.1 Å². The zero-order chi connectivity index (χ0) is 18.6. The molecule has 2 N–H and O–H groups in total. The fraction of sp³-hybridized carbons (Fsp3) is 0.0769. The van der Waals surface area contributed by atoms with Crippen molar-refractivity contribution >= 4 is 22.7 Å². The van der Waals surface area contributed by atoms with Gasteiger partial charge in [-0.15, -0.1) is 4.99 Å². The number of non-ortho nitro benzene ring substituents is 1. The van der Waals surface area contributed by atoms with Crippen LogP contribution in [-0.4, -0.2) is 20.0 Å². The van der Waals surface area contributed by atoms with E-state index >= 15 is 0 Å². The highest BCUT2D eigenvalue weighted by Gasteiger charge is 2.22. The number of nitro groups is 3. The molecule has 0 atom stereocenters. The summed E-state index contributed by atoms with van der Waals surface area (Å²) in [4.78, 5) is 34.5. The lowest BCUT2D eigenvalue weighted by atomic mass is 10.0. The van der Waals surface area contributed by atoms with E-state index in [4.69, 9.17) is 5.26 Å². The molecule has 0 unspecified atom stereocenters. The Labute approximate surface area is 138 Å². The van der Waals surface area contributed by atoms with Crippen molar-refractivity contribution in [3.05, 3.63) is 77.9 Å². The smallest absolute Gasteiger partial charge is 0.258 e. The maximum Gasteiger partial charge on any atom is 0.279 e. The standard InChI is InChI=1S/C13H10N4O8/c18-15(19)11-4-2-9(13(7-11)17(22)23)5-8-1-3-10(14-25-24)6-12(8)16(20)21/h1-4,6-7,14,24H,5H2. The Morgan fingerprint density at radius 2 is 1.44 bits per heavy atom. The Balaban J connectivity index is 2.47. The van der Waals surface area contributed by atoms with Crippen molar-refractivity contribution in [1.29, 1.82) is 0 Å². The highest BCUT2D eigenvalue weighted by Crippen LogP contribution is 2.30. The quantitative estimate of drug-likeness (QED) is 0.432. The summed E-state index contributed by atoms with van der Waals surface area (Å²) in [5.41, 5.74) is 1.00. The van der Waals surface area contributed by atoms with Gasteiger partial charge >= 0.3 is 0 Å². The minimum absolute atomic E-state index is 0.0813. The third-order valence-electron chi connectivity index (χ3n) is 3.30. The largest absolute Gasteiger partial charge is 0.279 e. The highest BCUT2D eigenvalue weighted by molar-refractivity contribution is 5.57. The first kappa shape index (κ1) is 17.7. The SMILES string of the molecule is O=[N+]([O-])c1ccc(Cc2ccc(NOO)cc2[N+](=O)[O-])c([N+](=O)[O-])c1. The van der Waals surface area contributed by atoms with Crippen LogP contribution in [0, 0.1) is 30.3 Å². The number of hydrogen-bond acceptors (Lipinski definition) is 9. The zero-order valence-electron chi connectivity index (χ0n) is 12.3. The van der Waals surface area contributed by atoms with Crippen LogP contribution in [-0.2, 0) is 11.4 Å². The van der Waals surface area contributed by atoms with Crippen molar-refractivity contribution in [3.63, 3.8) is 0 Å². The number of rotatable bonds is 7. The second-order valence-electron chi connectivity index (χ2n) is 4.80. The van der Waals surface area contributed by atoms with E-state index in [0.717, 1.165) is 18.2 Å². The van der Waals surface area contributed by atoms with Gasteiger partial charge in [0.15, 0.2) is 0 Å². The van der Waals surface area contributed by atoms with Crippen molar-refractivity contribution in [2.45, 2.75) is 6.42 Å². The Morgan fingerprint density at radius 3 is 1.96 bits per heavy atom. The van der Waals surface area contributed by atoms with Gasteiger partial charge in [-0.05, 0) is 18.2 Å². The Hall–Kier alpha value is -3.64. The number of nitrogens with zero attached hydrogens (tertiary/aromatic N) is 3. The first-order valence-electron chi connectivity index (χ1n) is 6.59. The van der Waals surface area contributed by atoms with Gasteiger partial charge in [-0.1, -0.05) is 0 Å². The summed E-state index contributed by atoms with van der Waals surface area (Å²) in [6.45, 7) is 0. The van der Waals surface area contributed by atoms with Crippen LogP contribution in [0.3, 0.4) is 0 Å². The van der Waals surface area contributed by atoms with E-state index in [1.54, 1.807) is 0 Å². The number of nitrogens with one attached hydrogen (secondary N) is 1. The highest BCUT2D eigenvalue weighted by atomic mass is 17.2. The molecule has 0 fully saturated rings. The summed E-state index contributed by atoms with van der Waals surface area (Å²) < 4.78 is 0. The van der Waals surface area contributed by atoms with Crippen LogP contribution in [0.15, 0.2) is 36.4 Å². The van der Waals surface area contributed by atoms with Crippen LogP contribution in [0.5, 0.6) is 0 Å². The lowest BCUT2D eigenvalue weighted by Gasteiger charge is -2.07. The molecular weight excluding hydrogens is 340 g/mol. The monoisotopic (exact) mass is 350 g/mol. The van der Waals surface area contributed by atoms with Crippen molar-refractivity contribution in [3.8, 4) is 0 Å². The van der Waals surface area contributed by atoms with Crippen LogP contribution < -0.4 is 5.48 Å². The average Bonchev–Trinajstić information content (AvgIpc) is 2.56. The second-order valence-corrected chi connectivity index (χ2v) is 4.80. The van der Waals surface area contributed by atoms with Gasteiger partial charge < -0.3 is 0 Å². The summed E-state index contributed by atoms with van der Waals surface area (Å²) in [7, 11) is 0. The third-order valence-corrected chi connectivity index (χ3v) is 3.30. The molecule has 2 rings (SSSR count). The van der Waals surface area contributed by atoms with Crippen molar-refractivity contribution in [1.82, 2.24) is 0 Å². The average molecular weight is 350 g/mol. The fourth-order valence-corrected chi connectivity index (χ4v) is 2.19. The molecule has 0 heterocycles. The van der Waals surface area contributed by atoms with E-state index in [2.05, 4.69) is 4.99 Å². The molecule has 0 aromatic heterocycles. The maximum absolute atomic E-state index is 11.2. The first-order chi connectivity index (χ1) is 11.8. The second kappa shape index (κ2) is 7.29. The van der Waals surface area contributed by atoms with E-state index < -0.39 is 26.1 Å². The Kier molecular flexibility index (Phi) is 5.16. The minimum atomic E-state index is -0.788. The molecule has 0 amide bonds. The minimum Gasteiger partial charge on any atom is -0.258 e. The normalized spacial score (nSPS) is 10.3. The van der Waals surface area contributed by atoms with Gasteiger partial charge in [0, 0.05) is 29.7 Å². The van der Waals surface area contributed by atoms with Gasteiger partial charge in [0.2, 0.25) is 0 Å². The van der Waals surface area contributed by atoms with E-state index in [1.807, 2.05) is 5.48 Å². The molecule has 0 aliphatic heterocycles. The molecule has 12 heteroatoms. The van der Waals surface area contributed by atoms with Crippen molar-refractivity contribution in [2.75, 3.05) is 5.48 Å². The summed E-state index contributed by atoms with van der Waals surface area (Å²) >= 11 is 0. The van der Waals surface area contributed by atoms with Gasteiger partial charge in [0.05, 0.1) is 26.5 Å². The summed E-state index contributed by atoms with van der Waals surface area (Å²) in [6, 6.07) is 6.83. The van der Waals surface area contributed by atoms with E-state index in [1.165, 1.54) is 18.2 Å². The van der Waals surface area contributed by atoms with Crippen molar-refractivity contribution < 1.29 is 25.0 Å². The number of nitro benzene ring substituents is 3. The van der Waals surface area contributed by atoms with Gasteiger partial charge in [-0.3, -0.25) is 30.3 Å². The topological polar surface area (TPSA) is 171 Å². The predicted molar refractivity (Wildman–Crippen MR) is 83.0 cm³/mol. The third kappa shape index (κ3) is 4.01. The molecule has 0 bridgehead atoms. The van der Waals surface area contributed by atoms with Crippen LogP contribution in [0.4, 0.5) is 22.7 Å². The Bertz CT molecular complexity index is 854.